The maximum absolute atomic E-state index is 12.9. The van der Waals surface area contributed by atoms with Crippen LogP contribution in [0.3, 0.4) is 0 Å². The fourth-order valence-electron chi connectivity index (χ4n) is 2.83. The average Bonchev–Trinajstić information content (AvgIpc) is 3.15. The zero-order valence-electron chi connectivity index (χ0n) is 18.7. The molecule has 0 saturated carbocycles. The van der Waals surface area contributed by atoms with Crippen LogP contribution in [0.25, 0.3) is 11.2 Å². The molecule has 0 aliphatic heterocycles. The first-order valence-corrected chi connectivity index (χ1v) is 12.2. The molecule has 0 radical (unpaired) electrons. The number of fused-ring (bicyclic) bond motifs is 1. The topological polar surface area (TPSA) is 108 Å². The lowest BCUT2D eigenvalue weighted by Crippen LogP contribution is -2.41. The van der Waals surface area contributed by atoms with Crippen molar-refractivity contribution in [3.8, 4) is 0 Å². The molecule has 10 heteroatoms. The molecule has 1 unspecified atom stereocenters. The van der Waals surface area contributed by atoms with Gasteiger partial charge in [0.05, 0.1) is 12.9 Å². The quantitative estimate of drug-likeness (QED) is 0.396. The lowest BCUT2D eigenvalue weighted by Gasteiger charge is -2.12. The van der Waals surface area contributed by atoms with Gasteiger partial charge in [-0.05, 0) is 19.3 Å². The zero-order valence-corrected chi connectivity index (χ0v) is 19.7. The third-order valence-corrected chi connectivity index (χ3v) is 5.17. The molecular formula is C20H37N4O5P. The first kappa shape index (κ1) is 26.3. The van der Waals surface area contributed by atoms with Gasteiger partial charge in [-0.25, -0.2) is 9.78 Å². The van der Waals surface area contributed by atoms with Crippen LogP contribution in [0, 0.1) is 0 Å². The molecule has 0 aliphatic rings. The van der Waals surface area contributed by atoms with Gasteiger partial charge in [0.2, 0.25) is 0 Å². The van der Waals surface area contributed by atoms with E-state index in [1.54, 1.807) is 10.9 Å². The van der Waals surface area contributed by atoms with Crippen LogP contribution >= 0.6 is 8.25 Å². The molecule has 2 aromatic rings. The third kappa shape index (κ3) is 7.52. The molecule has 30 heavy (non-hydrogen) atoms. The second-order valence-electron chi connectivity index (χ2n) is 7.18. The van der Waals surface area contributed by atoms with Gasteiger partial charge in [-0.1, -0.05) is 53.4 Å². The number of unbranched alkanes of at least 4 members (excludes halogenated alkanes) is 3. The monoisotopic (exact) mass is 444 g/mol. The minimum atomic E-state index is -3.01. The van der Waals surface area contributed by atoms with Crippen molar-refractivity contribution in [2.45, 2.75) is 92.3 Å². The summed E-state index contributed by atoms with van der Waals surface area (Å²) in [4.78, 5) is 38.7. The summed E-state index contributed by atoms with van der Waals surface area (Å²) in [6, 6.07) is 0. The molecule has 1 atom stereocenters. The van der Waals surface area contributed by atoms with Crippen LogP contribution < -0.4 is 11.2 Å². The summed E-state index contributed by atoms with van der Waals surface area (Å²) in [7, 11) is -3.01. The van der Waals surface area contributed by atoms with Crippen molar-refractivity contribution in [3.63, 3.8) is 0 Å². The summed E-state index contributed by atoms with van der Waals surface area (Å²) < 4.78 is 19.8. The average molecular weight is 445 g/mol. The Kier molecular flexibility index (Phi) is 12.6. The molecule has 0 saturated heterocycles. The largest absolute Gasteiger partial charge is 0.332 e. The Balaban J connectivity index is 0.00000103. The van der Waals surface area contributed by atoms with Gasteiger partial charge < -0.3 is 14.0 Å². The fourth-order valence-corrected chi connectivity index (χ4v) is 3.15. The van der Waals surface area contributed by atoms with E-state index in [1.807, 2.05) is 11.5 Å². The van der Waals surface area contributed by atoms with Gasteiger partial charge in [-0.2, -0.15) is 0 Å². The van der Waals surface area contributed by atoms with E-state index in [1.165, 1.54) is 17.4 Å². The molecule has 2 heterocycles. The highest BCUT2D eigenvalue weighted by molar-refractivity contribution is 7.32. The SMILES string of the molecule is CCCC.CCCCn1cnc2c1c(=O)n(CCCO[PH](=O)O)c(=O)n2CCCC. The maximum atomic E-state index is 12.9. The van der Waals surface area contributed by atoms with Gasteiger partial charge in [-0.15, -0.1) is 0 Å². The summed E-state index contributed by atoms with van der Waals surface area (Å²) in [5.74, 6) is 0. The van der Waals surface area contributed by atoms with Crippen LogP contribution in [0.1, 0.15) is 72.6 Å². The van der Waals surface area contributed by atoms with Gasteiger partial charge in [-0.3, -0.25) is 18.5 Å². The van der Waals surface area contributed by atoms with Crippen molar-refractivity contribution in [2.75, 3.05) is 6.61 Å². The highest BCUT2D eigenvalue weighted by Gasteiger charge is 2.17. The molecule has 0 amide bonds. The molecule has 2 rings (SSSR count). The summed E-state index contributed by atoms with van der Waals surface area (Å²) >= 11 is 0. The van der Waals surface area contributed by atoms with Crippen LogP contribution in [0.4, 0.5) is 0 Å². The molecule has 0 spiro atoms. The molecule has 1 N–H and O–H groups in total. The summed E-state index contributed by atoms with van der Waals surface area (Å²) in [6.07, 6.45) is 8.19. The standard InChI is InChI=1S/C16H27N4O5P.C4H10/c1-3-5-8-18-12-17-14-13(18)15(21)20(10-7-11-25-26(23)24)16(22)19(14)9-6-4-2;1-3-4-2/h12,26H,3-11H2,1-2H3,(H,23,24);3-4H2,1-2H3. The normalized spacial score (nSPS) is 12.0. The van der Waals surface area contributed by atoms with Crippen molar-refractivity contribution in [1.29, 1.82) is 0 Å². The number of hydrogen-bond donors (Lipinski definition) is 1. The number of aromatic nitrogens is 4. The highest BCUT2D eigenvalue weighted by atomic mass is 31.1. The Morgan fingerprint density at radius 3 is 2.10 bits per heavy atom. The Morgan fingerprint density at radius 2 is 1.53 bits per heavy atom. The van der Waals surface area contributed by atoms with E-state index in [-0.39, 0.29) is 18.7 Å². The van der Waals surface area contributed by atoms with Crippen molar-refractivity contribution < 1.29 is 14.0 Å². The van der Waals surface area contributed by atoms with E-state index >= 15 is 0 Å². The van der Waals surface area contributed by atoms with Crippen LogP contribution in [0.2, 0.25) is 0 Å². The molecule has 2 aromatic heterocycles. The molecule has 0 bridgehead atoms. The molecule has 172 valence electrons. The predicted molar refractivity (Wildman–Crippen MR) is 120 cm³/mol. The molecule has 9 nitrogen and oxygen atoms in total. The van der Waals surface area contributed by atoms with Crippen molar-refractivity contribution in [3.05, 3.63) is 27.2 Å². The lowest BCUT2D eigenvalue weighted by molar-refractivity contribution is 0.270. The number of hydrogen-bond acceptors (Lipinski definition) is 5. The Bertz CT molecular complexity index is 901. The molecule has 0 aromatic carbocycles. The molecule has 0 fully saturated rings. The van der Waals surface area contributed by atoms with Gasteiger partial charge in [0.25, 0.3) is 5.56 Å². The Morgan fingerprint density at radius 1 is 0.933 bits per heavy atom. The van der Waals surface area contributed by atoms with Gasteiger partial charge >= 0.3 is 13.9 Å². The number of aryl methyl sites for hydroxylation is 2. The van der Waals surface area contributed by atoms with Crippen molar-refractivity contribution >= 4 is 19.4 Å². The van der Waals surface area contributed by atoms with Gasteiger partial charge in [0.1, 0.15) is 0 Å². The van der Waals surface area contributed by atoms with Crippen molar-refractivity contribution in [2.24, 2.45) is 0 Å². The maximum Gasteiger partial charge on any atom is 0.332 e. The smallest absolute Gasteiger partial charge is 0.326 e. The zero-order chi connectivity index (χ0) is 22.5. The van der Waals surface area contributed by atoms with Crippen LogP contribution in [0.15, 0.2) is 15.9 Å². The first-order valence-electron chi connectivity index (χ1n) is 11.0. The van der Waals surface area contributed by atoms with Crippen LogP contribution in [0.5, 0.6) is 0 Å². The minimum absolute atomic E-state index is 0.0161. The molecular weight excluding hydrogens is 407 g/mol. The Hall–Kier alpha value is -1.70. The van der Waals surface area contributed by atoms with Crippen LogP contribution in [-0.2, 0) is 28.7 Å². The lowest BCUT2D eigenvalue weighted by atomic mass is 10.3. The van der Waals surface area contributed by atoms with E-state index in [9.17, 15) is 14.2 Å². The van der Waals surface area contributed by atoms with E-state index < -0.39 is 13.9 Å². The van der Waals surface area contributed by atoms with Crippen LogP contribution in [-0.4, -0.2) is 30.2 Å². The number of rotatable bonds is 12. The highest BCUT2D eigenvalue weighted by Crippen LogP contribution is 2.14. The summed E-state index contributed by atoms with van der Waals surface area (Å²) in [5.41, 5.74) is 0.0969. The number of imidazole rings is 1. The second-order valence-corrected chi connectivity index (χ2v) is 8.00. The summed E-state index contributed by atoms with van der Waals surface area (Å²) in [6.45, 7) is 9.78. The van der Waals surface area contributed by atoms with E-state index in [0.29, 0.717) is 30.7 Å². The second kappa shape index (κ2) is 14.3. The van der Waals surface area contributed by atoms with Crippen molar-refractivity contribution in [1.82, 2.24) is 18.7 Å². The van der Waals surface area contributed by atoms with E-state index in [4.69, 9.17) is 4.89 Å². The fraction of sp³-hybridized carbons (Fsp3) is 0.750. The third-order valence-electron chi connectivity index (χ3n) is 4.72. The number of nitrogens with zero attached hydrogens (tertiary/aromatic N) is 4. The van der Waals surface area contributed by atoms with E-state index in [2.05, 4.69) is 30.3 Å². The minimum Gasteiger partial charge on any atom is -0.326 e. The Labute approximate surface area is 178 Å². The van der Waals surface area contributed by atoms with E-state index in [0.717, 1.165) is 25.7 Å². The molecule has 0 aliphatic carbocycles. The first-order chi connectivity index (χ1) is 14.4. The predicted octanol–water partition coefficient (Wildman–Crippen LogP) is 3.56. The van der Waals surface area contributed by atoms with Gasteiger partial charge in [0, 0.05) is 19.6 Å². The summed E-state index contributed by atoms with van der Waals surface area (Å²) in [5, 5.41) is 0. The van der Waals surface area contributed by atoms with Gasteiger partial charge in [0.15, 0.2) is 11.2 Å².